The fourth-order valence-electron chi connectivity index (χ4n) is 4.47. The molecule has 0 bridgehead atoms. The maximum atomic E-state index is 14.5. The predicted octanol–water partition coefficient (Wildman–Crippen LogP) is 0.795. The van der Waals surface area contributed by atoms with E-state index < -0.39 is 71.9 Å². The van der Waals surface area contributed by atoms with Crippen LogP contribution < -0.4 is 5.32 Å². The number of piperidine rings is 1. The van der Waals surface area contributed by atoms with Gasteiger partial charge in [-0.1, -0.05) is 12.6 Å². The second kappa shape index (κ2) is 10.8. The number of amides is 3. The van der Waals surface area contributed by atoms with Crippen molar-refractivity contribution in [3.63, 3.8) is 0 Å². The molecule has 1 atom stereocenters. The van der Waals surface area contributed by atoms with E-state index in [2.05, 4.69) is 11.5 Å². The van der Waals surface area contributed by atoms with Gasteiger partial charge in [-0.3, -0.25) is 29.5 Å². The van der Waals surface area contributed by atoms with Crippen LogP contribution in [0.2, 0.25) is 0 Å². The van der Waals surface area contributed by atoms with Crippen LogP contribution in [0.5, 0.6) is 0 Å². The summed E-state index contributed by atoms with van der Waals surface area (Å²) in [5.41, 5.74) is -2.62. The zero-order valence-electron chi connectivity index (χ0n) is 20.4. The molecule has 0 radical (unpaired) electrons. The van der Waals surface area contributed by atoms with E-state index in [9.17, 15) is 39.2 Å². The molecule has 5 N–H and O–H groups in total. The molecule has 1 unspecified atom stereocenters. The Labute approximate surface area is 216 Å². The van der Waals surface area contributed by atoms with Gasteiger partial charge in [0, 0.05) is 38.0 Å². The number of ether oxygens (including phenoxy) is 2. The lowest BCUT2D eigenvalue weighted by Gasteiger charge is -2.37. The van der Waals surface area contributed by atoms with Crippen molar-refractivity contribution in [2.75, 3.05) is 32.8 Å². The Morgan fingerprint density at radius 1 is 1.18 bits per heavy atom. The number of hydrogen-bond donors (Lipinski definition) is 5. The Hall–Kier alpha value is -3.94. The number of aliphatic hydroxyl groups excluding tert-OH is 3. The summed E-state index contributed by atoms with van der Waals surface area (Å²) in [4.78, 5) is 39.8. The molecule has 4 rings (SSSR count). The first kappa shape index (κ1) is 27.1. The topological polar surface area (TPSA) is 169 Å². The van der Waals surface area contributed by atoms with Gasteiger partial charge in [0.15, 0.2) is 11.5 Å². The highest BCUT2D eigenvalue weighted by atomic mass is 19.1. The summed E-state index contributed by atoms with van der Waals surface area (Å²) in [5, 5.41) is 43.6. The maximum Gasteiger partial charge on any atom is 0.283 e. The van der Waals surface area contributed by atoms with Gasteiger partial charge in [0.25, 0.3) is 17.8 Å². The number of benzene rings is 1. The van der Waals surface area contributed by atoms with E-state index in [4.69, 9.17) is 9.47 Å². The minimum absolute atomic E-state index is 0.106. The SMILES string of the molecule is C=C(O)/C(O)=C1/C(=O)N(C2(O)CCC(=O)NC2=O)C/C1=C(/O)OCc1cc(CN2CCOCC2)ccc1F. The lowest BCUT2D eigenvalue weighted by atomic mass is 10.00. The molecule has 3 heterocycles. The minimum Gasteiger partial charge on any atom is -0.505 e. The summed E-state index contributed by atoms with van der Waals surface area (Å²) in [6.45, 7) is 5.28. The van der Waals surface area contributed by atoms with Crippen LogP contribution in [-0.4, -0.2) is 86.5 Å². The molecule has 1 aromatic carbocycles. The van der Waals surface area contributed by atoms with Crippen molar-refractivity contribution in [3.8, 4) is 0 Å². The largest absolute Gasteiger partial charge is 0.505 e. The zero-order chi connectivity index (χ0) is 27.6. The number of nitrogens with zero attached hydrogens (tertiary/aromatic N) is 2. The highest BCUT2D eigenvalue weighted by Gasteiger charge is 2.53. The minimum atomic E-state index is -2.48. The van der Waals surface area contributed by atoms with Crippen LogP contribution in [0.1, 0.15) is 24.0 Å². The molecule has 1 aromatic rings. The second-order valence-electron chi connectivity index (χ2n) is 9.14. The molecule has 0 aliphatic carbocycles. The molecule has 3 amide bonds. The van der Waals surface area contributed by atoms with Crippen molar-refractivity contribution in [3.05, 3.63) is 70.3 Å². The number of rotatable bonds is 7. The molecule has 13 heteroatoms. The fraction of sp³-hybridized carbons (Fsp3) is 0.400. The highest BCUT2D eigenvalue weighted by Crippen LogP contribution is 2.36. The summed E-state index contributed by atoms with van der Waals surface area (Å²) in [7, 11) is 0. The molecule has 3 saturated heterocycles. The van der Waals surface area contributed by atoms with Gasteiger partial charge in [-0.05, 0) is 17.7 Å². The lowest BCUT2D eigenvalue weighted by molar-refractivity contribution is -0.177. The number of hydrogen-bond acceptors (Lipinski definition) is 10. The number of likely N-dealkylation sites (tertiary alicyclic amines) is 1. The van der Waals surface area contributed by atoms with Crippen molar-refractivity contribution in [2.45, 2.75) is 31.7 Å². The van der Waals surface area contributed by atoms with E-state index in [0.717, 1.165) is 18.7 Å². The molecule has 0 saturated carbocycles. The van der Waals surface area contributed by atoms with Gasteiger partial charge >= 0.3 is 0 Å². The first-order chi connectivity index (χ1) is 18.0. The van der Waals surface area contributed by atoms with Crippen molar-refractivity contribution in [1.29, 1.82) is 0 Å². The lowest BCUT2D eigenvalue weighted by Crippen LogP contribution is -2.63. The fourth-order valence-corrected chi connectivity index (χ4v) is 4.47. The van der Waals surface area contributed by atoms with Gasteiger partial charge < -0.3 is 29.9 Å². The first-order valence-electron chi connectivity index (χ1n) is 11.8. The van der Waals surface area contributed by atoms with E-state index >= 15 is 0 Å². The Bertz CT molecular complexity index is 1240. The monoisotopic (exact) mass is 533 g/mol. The van der Waals surface area contributed by atoms with E-state index in [1.165, 1.54) is 6.07 Å². The third kappa shape index (κ3) is 5.35. The Balaban J connectivity index is 1.59. The third-order valence-corrected chi connectivity index (χ3v) is 6.59. The van der Waals surface area contributed by atoms with Crippen molar-refractivity contribution in [1.82, 2.24) is 15.1 Å². The van der Waals surface area contributed by atoms with Crippen LogP contribution in [0, 0.1) is 5.82 Å². The Morgan fingerprint density at radius 3 is 2.55 bits per heavy atom. The smallest absolute Gasteiger partial charge is 0.283 e. The molecule has 204 valence electrons. The normalized spacial score (nSPS) is 25.3. The number of carbonyl (C=O) groups is 3. The second-order valence-corrected chi connectivity index (χ2v) is 9.14. The van der Waals surface area contributed by atoms with Gasteiger partial charge in [-0.2, -0.15) is 0 Å². The number of nitrogens with one attached hydrogen (secondary N) is 1. The van der Waals surface area contributed by atoms with Gasteiger partial charge in [0.05, 0.1) is 30.9 Å². The van der Waals surface area contributed by atoms with Gasteiger partial charge in [-0.15, -0.1) is 0 Å². The third-order valence-electron chi connectivity index (χ3n) is 6.59. The van der Waals surface area contributed by atoms with E-state index in [1.54, 1.807) is 12.1 Å². The standard InChI is InChI=1S/C25H28FN3O9/c1-14(30)21(32)20-17(12-29(22(20)33)25(36)5-4-19(31)27-24(25)35)23(34)38-13-16-10-15(2-3-18(16)26)11-28-6-8-37-9-7-28/h2-3,10,30,32,34,36H,1,4-9,11-13H2,(H,27,31,35)/b21-20-,23-17+. The van der Waals surface area contributed by atoms with Crippen LogP contribution in [-0.2, 0) is 37.0 Å². The molecular weight excluding hydrogens is 505 g/mol. The number of imide groups is 1. The van der Waals surface area contributed by atoms with Crippen molar-refractivity contribution >= 4 is 17.7 Å². The number of aliphatic hydroxyl groups is 4. The van der Waals surface area contributed by atoms with Gasteiger partial charge in [0.1, 0.15) is 12.4 Å². The van der Waals surface area contributed by atoms with Crippen LogP contribution in [0.15, 0.2) is 53.4 Å². The van der Waals surface area contributed by atoms with Gasteiger partial charge in [0.2, 0.25) is 11.6 Å². The molecule has 3 fully saturated rings. The highest BCUT2D eigenvalue weighted by molar-refractivity contribution is 6.08. The quantitative estimate of drug-likeness (QED) is 0.192. The molecule has 38 heavy (non-hydrogen) atoms. The number of carbonyl (C=O) groups excluding carboxylic acids is 3. The molecular formula is C25H28FN3O9. The Kier molecular flexibility index (Phi) is 7.71. The predicted molar refractivity (Wildman–Crippen MR) is 127 cm³/mol. The van der Waals surface area contributed by atoms with E-state index in [-0.39, 0.29) is 17.6 Å². The zero-order valence-corrected chi connectivity index (χ0v) is 20.4. The van der Waals surface area contributed by atoms with Crippen LogP contribution in [0.4, 0.5) is 4.39 Å². The summed E-state index contributed by atoms with van der Waals surface area (Å²) < 4.78 is 25.2. The molecule has 3 aliphatic heterocycles. The van der Waals surface area contributed by atoms with Crippen molar-refractivity contribution < 1.29 is 48.7 Å². The van der Waals surface area contributed by atoms with Crippen LogP contribution in [0.3, 0.4) is 0 Å². The average molecular weight is 534 g/mol. The maximum absolute atomic E-state index is 14.5. The van der Waals surface area contributed by atoms with Crippen molar-refractivity contribution in [2.24, 2.45) is 0 Å². The van der Waals surface area contributed by atoms with E-state index in [1.807, 2.05) is 5.32 Å². The molecule has 0 spiro atoms. The molecule has 3 aliphatic rings. The number of morpholine rings is 1. The number of halogens is 1. The summed E-state index contributed by atoms with van der Waals surface area (Å²) in [6.07, 6.45) is -0.709. The molecule has 12 nitrogen and oxygen atoms in total. The summed E-state index contributed by atoms with van der Waals surface area (Å²) in [5.74, 6) is -6.38. The van der Waals surface area contributed by atoms with Crippen LogP contribution in [0.25, 0.3) is 0 Å². The van der Waals surface area contributed by atoms with Crippen LogP contribution >= 0.6 is 0 Å². The van der Waals surface area contributed by atoms with Gasteiger partial charge in [-0.25, -0.2) is 4.39 Å². The summed E-state index contributed by atoms with van der Waals surface area (Å²) >= 11 is 0. The Morgan fingerprint density at radius 2 is 1.89 bits per heavy atom. The molecule has 0 aromatic heterocycles. The summed E-state index contributed by atoms with van der Waals surface area (Å²) in [6, 6.07) is 4.47. The first-order valence-corrected chi connectivity index (χ1v) is 11.8. The van der Waals surface area contributed by atoms with E-state index in [0.29, 0.717) is 24.7 Å². The average Bonchev–Trinajstić information content (AvgIpc) is 3.24.